The Morgan fingerprint density at radius 1 is 1.04 bits per heavy atom. The summed E-state index contributed by atoms with van der Waals surface area (Å²) in [5, 5.41) is 3.11. The number of nitrogens with one attached hydrogen (secondary N) is 1. The molecule has 0 atom stereocenters. The van der Waals surface area contributed by atoms with Crippen molar-refractivity contribution in [2.24, 2.45) is 0 Å². The monoisotopic (exact) mass is 405 g/mol. The van der Waals surface area contributed by atoms with Gasteiger partial charge in [-0.05, 0) is 49.7 Å². The fraction of sp³-hybridized carbons (Fsp3) is 0.333. The lowest BCUT2D eigenvalue weighted by Crippen LogP contribution is -2.21. The van der Waals surface area contributed by atoms with Crippen LogP contribution in [0, 0.1) is 0 Å². The van der Waals surface area contributed by atoms with E-state index in [1.807, 2.05) is 6.92 Å². The molecule has 6 nitrogen and oxygen atoms in total. The summed E-state index contributed by atoms with van der Waals surface area (Å²) in [7, 11) is 0. The van der Waals surface area contributed by atoms with Gasteiger partial charge >= 0.3 is 5.97 Å². The van der Waals surface area contributed by atoms with Crippen molar-refractivity contribution in [1.29, 1.82) is 0 Å². The van der Waals surface area contributed by atoms with E-state index in [1.54, 1.807) is 42.5 Å². The van der Waals surface area contributed by atoms with E-state index in [1.165, 1.54) is 0 Å². The van der Waals surface area contributed by atoms with Crippen LogP contribution in [0.1, 0.15) is 37.0 Å². The highest BCUT2D eigenvalue weighted by atomic mass is 35.5. The Bertz CT molecular complexity index is 809. The first-order valence-corrected chi connectivity index (χ1v) is 9.53. The third kappa shape index (κ3) is 6.78. The van der Waals surface area contributed by atoms with Crippen LogP contribution in [0.4, 0.5) is 5.69 Å². The number of esters is 1. The zero-order chi connectivity index (χ0) is 20.4. The Labute approximate surface area is 169 Å². The summed E-state index contributed by atoms with van der Waals surface area (Å²) < 4.78 is 16.3. The maximum absolute atomic E-state index is 12.3. The number of carbonyl (C=O) groups excluding carboxylic acids is 2. The van der Waals surface area contributed by atoms with Crippen molar-refractivity contribution >= 4 is 29.2 Å². The number of rotatable bonds is 10. The molecule has 0 fully saturated rings. The molecular formula is C21H24ClNO5. The third-order valence-corrected chi connectivity index (χ3v) is 3.91. The largest absolute Gasteiger partial charge is 0.490 e. The second-order valence-corrected chi connectivity index (χ2v) is 6.37. The van der Waals surface area contributed by atoms with E-state index in [2.05, 4.69) is 12.2 Å². The maximum Gasteiger partial charge on any atom is 0.338 e. The summed E-state index contributed by atoms with van der Waals surface area (Å²) in [6.45, 7) is 4.52. The topological polar surface area (TPSA) is 73.9 Å². The van der Waals surface area contributed by atoms with E-state index >= 15 is 0 Å². The standard InChI is InChI=1S/C21H24ClNO5/c1-3-5-11-27-18-10-9-15(12-19(18)26-4-2)21(25)28-14-20(24)23-17-8-6-7-16(22)13-17/h6-10,12-13H,3-5,11,14H2,1-2H3,(H,23,24). The molecule has 7 heteroatoms. The normalized spacial score (nSPS) is 10.2. The molecule has 28 heavy (non-hydrogen) atoms. The number of carbonyl (C=O) groups is 2. The second kappa shape index (κ2) is 11.2. The maximum atomic E-state index is 12.3. The molecule has 0 bridgehead atoms. The minimum absolute atomic E-state index is 0.279. The van der Waals surface area contributed by atoms with Crippen LogP contribution in [-0.2, 0) is 9.53 Å². The molecule has 0 saturated heterocycles. The van der Waals surface area contributed by atoms with Crippen LogP contribution in [0.3, 0.4) is 0 Å². The molecule has 0 aliphatic carbocycles. The molecule has 0 aromatic heterocycles. The van der Waals surface area contributed by atoms with Crippen molar-refractivity contribution in [3.63, 3.8) is 0 Å². The SMILES string of the molecule is CCCCOc1ccc(C(=O)OCC(=O)Nc2cccc(Cl)c2)cc1OCC. The first kappa shape index (κ1) is 21.6. The molecular weight excluding hydrogens is 382 g/mol. The molecule has 1 N–H and O–H groups in total. The number of amides is 1. The summed E-state index contributed by atoms with van der Waals surface area (Å²) >= 11 is 5.87. The van der Waals surface area contributed by atoms with E-state index in [0.717, 1.165) is 12.8 Å². The average molecular weight is 406 g/mol. The van der Waals surface area contributed by atoms with Gasteiger partial charge in [0.15, 0.2) is 18.1 Å². The average Bonchev–Trinajstić information content (AvgIpc) is 2.67. The lowest BCUT2D eigenvalue weighted by atomic mass is 10.2. The van der Waals surface area contributed by atoms with Crippen molar-refractivity contribution in [2.45, 2.75) is 26.7 Å². The molecule has 0 unspecified atom stereocenters. The molecule has 0 aliphatic heterocycles. The van der Waals surface area contributed by atoms with E-state index in [9.17, 15) is 9.59 Å². The third-order valence-electron chi connectivity index (χ3n) is 3.68. The summed E-state index contributed by atoms with van der Waals surface area (Å²) in [5.41, 5.74) is 0.808. The first-order valence-electron chi connectivity index (χ1n) is 9.15. The number of halogens is 1. The molecule has 2 aromatic carbocycles. The van der Waals surface area contributed by atoms with Gasteiger partial charge in [-0.1, -0.05) is 31.0 Å². The van der Waals surface area contributed by atoms with E-state index < -0.39 is 18.5 Å². The van der Waals surface area contributed by atoms with E-state index in [-0.39, 0.29) is 5.56 Å². The van der Waals surface area contributed by atoms with Crippen LogP contribution in [-0.4, -0.2) is 31.7 Å². The molecule has 0 saturated carbocycles. The predicted octanol–water partition coefficient (Wildman–Crippen LogP) is 4.71. The highest BCUT2D eigenvalue weighted by Gasteiger charge is 2.14. The van der Waals surface area contributed by atoms with Gasteiger partial charge in [-0.25, -0.2) is 4.79 Å². The molecule has 0 radical (unpaired) electrons. The van der Waals surface area contributed by atoms with Crippen LogP contribution < -0.4 is 14.8 Å². The van der Waals surface area contributed by atoms with Gasteiger partial charge in [0.2, 0.25) is 0 Å². The smallest absolute Gasteiger partial charge is 0.338 e. The van der Waals surface area contributed by atoms with Gasteiger partial charge in [-0.3, -0.25) is 4.79 Å². The Kier molecular flexibility index (Phi) is 8.62. The number of unbranched alkanes of at least 4 members (excludes halogenated alkanes) is 1. The van der Waals surface area contributed by atoms with Crippen LogP contribution in [0.15, 0.2) is 42.5 Å². The number of ether oxygens (including phenoxy) is 3. The summed E-state index contributed by atoms with van der Waals surface area (Å²) in [5.74, 6) is -0.0375. The van der Waals surface area contributed by atoms with Crippen molar-refractivity contribution < 1.29 is 23.8 Å². The summed E-state index contributed by atoms with van der Waals surface area (Å²) in [6.07, 6.45) is 1.95. The minimum atomic E-state index is -0.623. The molecule has 0 spiro atoms. The predicted molar refractivity (Wildman–Crippen MR) is 108 cm³/mol. The highest BCUT2D eigenvalue weighted by Crippen LogP contribution is 2.29. The Morgan fingerprint density at radius 2 is 1.86 bits per heavy atom. The molecule has 2 rings (SSSR count). The van der Waals surface area contributed by atoms with Crippen LogP contribution in [0.5, 0.6) is 11.5 Å². The van der Waals surface area contributed by atoms with Crippen molar-refractivity contribution in [3.8, 4) is 11.5 Å². The van der Waals surface area contributed by atoms with Gasteiger partial charge in [0.25, 0.3) is 5.91 Å². The fourth-order valence-corrected chi connectivity index (χ4v) is 2.52. The first-order chi connectivity index (χ1) is 13.5. The lowest BCUT2D eigenvalue weighted by Gasteiger charge is -2.13. The van der Waals surface area contributed by atoms with Crippen LogP contribution in [0.25, 0.3) is 0 Å². The molecule has 0 heterocycles. The number of hydrogen-bond donors (Lipinski definition) is 1. The fourth-order valence-electron chi connectivity index (χ4n) is 2.33. The zero-order valence-corrected chi connectivity index (χ0v) is 16.8. The van der Waals surface area contributed by atoms with Gasteiger partial charge in [0.05, 0.1) is 18.8 Å². The van der Waals surface area contributed by atoms with Crippen molar-refractivity contribution in [3.05, 3.63) is 53.1 Å². The number of anilines is 1. The van der Waals surface area contributed by atoms with Gasteiger partial charge in [-0.15, -0.1) is 0 Å². The van der Waals surface area contributed by atoms with Gasteiger partial charge in [0, 0.05) is 10.7 Å². The molecule has 1 amide bonds. The van der Waals surface area contributed by atoms with Gasteiger partial charge in [0.1, 0.15) is 0 Å². The summed E-state index contributed by atoms with van der Waals surface area (Å²) in [6, 6.07) is 11.5. The lowest BCUT2D eigenvalue weighted by molar-refractivity contribution is -0.119. The van der Waals surface area contributed by atoms with Crippen molar-refractivity contribution in [2.75, 3.05) is 25.1 Å². The highest BCUT2D eigenvalue weighted by molar-refractivity contribution is 6.30. The van der Waals surface area contributed by atoms with E-state index in [4.69, 9.17) is 25.8 Å². The van der Waals surface area contributed by atoms with Gasteiger partial charge in [-0.2, -0.15) is 0 Å². The van der Waals surface area contributed by atoms with Crippen molar-refractivity contribution in [1.82, 2.24) is 0 Å². The second-order valence-electron chi connectivity index (χ2n) is 5.93. The number of hydrogen-bond acceptors (Lipinski definition) is 5. The quantitative estimate of drug-likeness (QED) is 0.457. The van der Waals surface area contributed by atoms with Crippen LogP contribution >= 0.6 is 11.6 Å². The Morgan fingerprint density at radius 3 is 2.57 bits per heavy atom. The van der Waals surface area contributed by atoms with Crippen LogP contribution in [0.2, 0.25) is 5.02 Å². The summed E-state index contributed by atoms with van der Waals surface area (Å²) in [4.78, 5) is 24.2. The van der Waals surface area contributed by atoms with E-state index in [0.29, 0.717) is 35.4 Å². The number of benzene rings is 2. The van der Waals surface area contributed by atoms with Gasteiger partial charge < -0.3 is 19.5 Å². The molecule has 2 aromatic rings. The minimum Gasteiger partial charge on any atom is -0.490 e. The molecule has 0 aliphatic rings. The Hall–Kier alpha value is -2.73. The Balaban J connectivity index is 1.95. The molecule has 150 valence electrons. The zero-order valence-electron chi connectivity index (χ0n) is 16.0.